The van der Waals surface area contributed by atoms with Crippen molar-refractivity contribution in [3.63, 3.8) is 0 Å². The number of carbonyl (C=O) groups is 1. The highest BCUT2D eigenvalue weighted by molar-refractivity contribution is 5.97. The van der Waals surface area contributed by atoms with Crippen molar-refractivity contribution >= 4 is 11.6 Å². The number of H-pyrrole nitrogens is 1. The third kappa shape index (κ3) is 2.25. The van der Waals surface area contributed by atoms with Crippen molar-refractivity contribution in [1.82, 2.24) is 15.5 Å². The molecule has 0 spiro atoms. The first-order valence-corrected chi connectivity index (χ1v) is 6.49. The molecular formula is C14H16N4O2. The van der Waals surface area contributed by atoms with Gasteiger partial charge in [0.25, 0.3) is 0 Å². The van der Waals surface area contributed by atoms with Crippen LogP contribution in [0, 0.1) is 0 Å². The Morgan fingerprint density at radius 3 is 3.10 bits per heavy atom. The maximum absolute atomic E-state index is 12.7. The van der Waals surface area contributed by atoms with E-state index < -0.39 is 6.04 Å². The minimum Gasteiger partial charge on any atom is -0.492 e. The molecule has 0 fully saturated rings. The van der Waals surface area contributed by atoms with E-state index in [1.807, 2.05) is 24.3 Å². The molecule has 20 heavy (non-hydrogen) atoms. The van der Waals surface area contributed by atoms with Crippen molar-refractivity contribution < 1.29 is 9.53 Å². The molecule has 0 bridgehead atoms. The van der Waals surface area contributed by atoms with Gasteiger partial charge in [-0.3, -0.25) is 15.2 Å². The number of likely N-dealkylation sites (N-methyl/N-ethyl adjacent to an activating group) is 1. The first-order valence-electron chi connectivity index (χ1n) is 6.49. The summed E-state index contributed by atoms with van der Waals surface area (Å²) in [5.41, 5.74) is 1.60. The molecule has 1 amide bonds. The predicted octanol–water partition coefficient (Wildman–Crippen LogP) is 1.10. The van der Waals surface area contributed by atoms with E-state index in [0.717, 1.165) is 17.0 Å². The predicted molar refractivity (Wildman–Crippen MR) is 74.7 cm³/mol. The number of hydrogen-bond donors (Lipinski definition) is 2. The molecule has 1 unspecified atom stereocenters. The van der Waals surface area contributed by atoms with E-state index >= 15 is 0 Å². The second-order valence-corrected chi connectivity index (χ2v) is 4.63. The number of fused-ring (bicyclic) bond motifs is 1. The van der Waals surface area contributed by atoms with E-state index in [1.165, 1.54) is 0 Å². The minimum absolute atomic E-state index is 0.0376. The number of benzene rings is 1. The number of aromatic nitrogens is 2. The minimum atomic E-state index is -0.409. The molecule has 0 radical (unpaired) electrons. The van der Waals surface area contributed by atoms with Crippen molar-refractivity contribution in [2.45, 2.75) is 6.04 Å². The van der Waals surface area contributed by atoms with Gasteiger partial charge in [-0.15, -0.1) is 0 Å². The molecule has 0 saturated carbocycles. The lowest BCUT2D eigenvalue weighted by Crippen LogP contribution is -2.39. The van der Waals surface area contributed by atoms with Gasteiger partial charge < -0.3 is 9.64 Å². The Labute approximate surface area is 116 Å². The summed E-state index contributed by atoms with van der Waals surface area (Å²) >= 11 is 0. The molecule has 3 rings (SSSR count). The number of carbonyl (C=O) groups excluding carboxylic acids is 1. The average Bonchev–Trinajstić information content (AvgIpc) is 2.93. The number of nitrogens with zero attached hydrogens (tertiary/aromatic N) is 2. The molecule has 104 valence electrons. The first-order chi connectivity index (χ1) is 9.77. The first kappa shape index (κ1) is 12.7. The molecule has 0 aliphatic carbocycles. The fraction of sp³-hybridized carbons (Fsp3) is 0.286. The Bertz CT molecular complexity index is 597. The van der Waals surface area contributed by atoms with Crippen LogP contribution in [-0.4, -0.2) is 36.3 Å². The van der Waals surface area contributed by atoms with Gasteiger partial charge in [0, 0.05) is 25.4 Å². The second-order valence-electron chi connectivity index (χ2n) is 4.63. The summed E-state index contributed by atoms with van der Waals surface area (Å²) in [5.74, 6) is 0.723. The summed E-state index contributed by atoms with van der Waals surface area (Å²) in [6, 6.07) is 7.22. The summed E-state index contributed by atoms with van der Waals surface area (Å²) in [7, 11) is 1.74. The van der Waals surface area contributed by atoms with Crippen molar-refractivity contribution in [3.05, 3.63) is 42.2 Å². The number of para-hydroxylation sites is 1. The number of aromatic amines is 1. The molecule has 6 nitrogen and oxygen atoms in total. The van der Waals surface area contributed by atoms with Crippen LogP contribution >= 0.6 is 0 Å². The van der Waals surface area contributed by atoms with E-state index in [0.29, 0.717) is 13.2 Å². The third-order valence-electron chi connectivity index (χ3n) is 3.39. The van der Waals surface area contributed by atoms with Crippen LogP contribution in [0.3, 0.4) is 0 Å². The molecule has 1 aliphatic rings. The molecule has 6 heteroatoms. The highest BCUT2D eigenvalue weighted by Crippen LogP contribution is 2.28. The van der Waals surface area contributed by atoms with Crippen LogP contribution in [-0.2, 0) is 4.79 Å². The monoisotopic (exact) mass is 272 g/mol. The van der Waals surface area contributed by atoms with Crippen LogP contribution in [0.25, 0.3) is 0 Å². The largest absolute Gasteiger partial charge is 0.492 e. The van der Waals surface area contributed by atoms with Gasteiger partial charge in [0.2, 0.25) is 5.91 Å². The third-order valence-corrected chi connectivity index (χ3v) is 3.39. The van der Waals surface area contributed by atoms with Crippen LogP contribution < -0.4 is 15.0 Å². The number of rotatable bonds is 2. The fourth-order valence-corrected chi connectivity index (χ4v) is 2.29. The van der Waals surface area contributed by atoms with Crippen molar-refractivity contribution in [2.24, 2.45) is 0 Å². The SMILES string of the molecule is CN(C(=O)C1NCCOc2ccccc21)c1cn[nH]c1. The Hall–Kier alpha value is -2.34. The van der Waals surface area contributed by atoms with Gasteiger partial charge in [-0.2, -0.15) is 5.10 Å². The van der Waals surface area contributed by atoms with E-state index in [2.05, 4.69) is 15.5 Å². The summed E-state index contributed by atoms with van der Waals surface area (Å²) in [6.07, 6.45) is 3.31. The molecule has 1 aromatic carbocycles. The summed E-state index contributed by atoms with van der Waals surface area (Å²) in [6.45, 7) is 1.18. The Morgan fingerprint density at radius 1 is 1.45 bits per heavy atom. The van der Waals surface area contributed by atoms with E-state index in [1.54, 1.807) is 24.3 Å². The normalized spacial score (nSPS) is 17.8. The van der Waals surface area contributed by atoms with Gasteiger partial charge >= 0.3 is 0 Å². The van der Waals surface area contributed by atoms with E-state index in [9.17, 15) is 4.79 Å². The van der Waals surface area contributed by atoms with Crippen LogP contribution in [0.5, 0.6) is 5.75 Å². The van der Waals surface area contributed by atoms with Crippen molar-refractivity contribution in [3.8, 4) is 5.75 Å². The van der Waals surface area contributed by atoms with Gasteiger partial charge in [0.15, 0.2) is 0 Å². The zero-order chi connectivity index (χ0) is 13.9. The highest BCUT2D eigenvalue weighted by atomic mass is 16.5. The van der Waals surface area contributed by atoms with Crippen molar-refractivity contribution in [2.75, 3.05) is 25.1 Å². The molecule has 2 N–H and O–H groups in total. The van der Waals surface area contributed by atoms with Crippen LogP contribution in [0.15, 0.2) is 36.7 Å². The lowest BCUT2D eigenvalue weighted by atomic mass is 10.0. The standard InChI is InChI=1S/C14H16N4O2/c1-18(10-8-16-17-9-10)14(19)13-11-4-2-3-5-12(11)20-7-6-15-13/h2-5,8-9,13,15H,6-7H2,1H3,(H,16,17). The number of anilines is 1. The Kier molecular flexibility index (Phi) is 3.39. The Balaban J connectivity index is 1.91. The molecule has 1 aliphatic heterocycles. The van der Waals surface area contributed by atoms with Gasteiger partial charge in [0.05, 0.1) is 11.9 Å². The van der Waals surface area contributed by atoms with Gasteiger partial charge in [-0.05, 0) is 6.07 Å². The van der Waals surface area contributed by atoms with Crippen LogP contribution in [0.4, 0.5) is 5.69 Å². The molecule has 2 heterocycles. The number of amides is 1. The maximum atomic E-state index is 12.7. The Morgan fingerprint density at radius 2 is 2.30 bits per heavy atom. The highest BCUT2D eigenvalue weighted by Gasteiger charge is 2.28. The average molecular weight is 272 g/mol. The number of hydrogen-bond acceptors (Lipinski definition) is 4. The zero-order valence-corrected chi connectivity index (χ0v) is 11.2. The molecule has 2 aromatic rings. The topological polar surface area (TPSA) is 70.2 Å². The summed E-state index contributed by atoms with van der Waals surface area (Å²) in [5, 5.41) is 9.81. The smallest absolute Gasteiger partial charge is 0.248 e. The van der Waals surface area contributed by atoms with Gasteiger partial charge in [0.1, 0.15) is 18.4 Å². The zero-order valence-electron chi connectivity index (χ0n) is 11.2. The summed E-state index contributed by atoms with van der Waals surface area (Å²) in [4.78, 5) is 14.3. The van der Waals surface area contributed by atoms with E-state index in [-0.39, 0.29) is 5.91 Å². The molecular weight excluding hydrogens is 256 g/mol. The van der Waals surface area contributed by atoms with Crippen LogP contribution in [0.1, 0.15) is 11.6 Å². The number of nitrogens with one attached hydrogen (secondary N) is 2. The molecule has 1 aromatic heterocycles. The molecule has 1 atom stereocenters. The van der Waals surface area contributed by atoms with Crippen molar-refractivity contribution in [1.29, 1.82) is 0 Å². The van der Waals surface area contributed by atoms with Gasteiger partial charge in [-0.1, -0.05) is 18.2 Å². The second kappa shape index (κ2) is 5.34. The van der Waals surface area contributed by atoms with Gasteiger partial charge in [-0.25, -0.2) is 0 Å². The van der Waals surface area contributed by atoms with Crippen LogP contribution in [0.2, 0.25) is 0 Å². The lowest BCUT2D eigenvalue weighted by molar-refractivity contribution is -0.120. The van der Waals surface area contributed by atoms with E-state index in [4.69, 9.17) is 4.74 Å². The quantitative estimate of drug-likeness (QED) is 0.858. The number of ether oxygens (including phenoxy) is 1. The lowest BCUT2D eigenvalue weighted by Gasteiger charge is -2.23. The fourth-order valence-electron chi connectivity index (χ4n) is 2.29. The maximum Gasteiger partial charge on any atom is 0.248 e. The molecule has 0 saturated heterocycles. The summed E-state index contributed by atoms with van der Waals surface area (Å²) < 4.78 is 5.65.